The van der Waals surface area contributed by atoms with E-state index in [4.69, 9.17) is 14.2 Å². The van der Waals surface area contributed by atoms with Crippen molar-refractivity contribution in [3.8, 4) is 17.2 Å². The molecule has 0 saturated heterocycles. The fraction of sp³-hybridized carbons (Fsp3) is 0.250. The lowest BCUT2D eigenvalue weighted by Gasteiger charge is -2.14. The second-order valence-corrected chi connectivity index (χ2v) is 7.45. The molecule has 1 atom stereocenters. The number of ether oxygens (including phenoxy) is 3. The number of nitrogens with one attached hydrogen (secondary N) is 1. The second kappa shape index (κ2) is 8.55. The Morgan fingerprint density at radius 3 is 2.39 bits per heavy atom. The second-order valence-electron chi connectivity index (χ2n) is 7.45. The third-order valence-corrected chi connectivity index (χ3v) is 5.19. The number of benzene rings is 2. The average molecular weight is 420 g/mol. The van der Waals surface area contributed by atoms with Crippen LogP contribution in [0, 0.1) is 13.8 Å². The number of aromatic nitrogens is 1. The van der Waals surface area contributed by atoms with Gasteiger partial charge in [0.2, 0.25) is 6.79 Å². The summed E-state index contributed by atoms with van der Waals surface area (Å²) >= 11 is 0. The fourth-order valence-electron chi connectivity index (χ4n) is 3.49. The summed E-state index contributed by atoms with van der Waals surface area (Å²) in [6, 6.07) is 16.7. The monoisotopic (exact) mass is 420 g/mol. The first-order chi connectivity index (χ1) is 14.9. The van der Waals surface area contributed by atoms with E-state index in [1.165, 1.54) is 0 Å². The third-order valence-electron chi connectivity index (χ3n) is 5.19. The van der Waals surface area contributed by atoms with Crippen LogP contribution in [0.2, 0.25) is 0 Å². The standard InChI is InChI=1S/C24H24N2O5/c1-15-4-5-16(2)26(15)20-9-7-19(8-10-20)24(28)31-17(3)23(27)25-13-18-6-11-21-22(12-18)30-14-29-21/h4-12,17H,13-14H2,1-3H3,(H,25,27)/t17-/m1/s1. The Hall–Kier alpha value is -3.74. The molecular weight excluding hydrogens is 396 g/mol. The van der Waals surface area contributed by atoms with E-state index in [1.54, 1.807) is 25.1 Å². The van der Waals surface area contributed by atoms with Crippen LogP contribution in [0.5, 0.6) is 11.5 Å². The van der Waals surface area contributed by atoms with Crippen molar-refractivity contribution < 1.29 is 23.8 Å². The molecule has 7 nitrogen and oxygen atoms in total. The largest absolute Gasteiger partial charge is 0.454 e. The van der Waals surface area contributed by atoms with Gasteiger partial charge < -0.3 is 24.1 Å². The Balaban J connectivity index is 1.33. The number of carbonyl (C=O) groups is 2. The first kappa shape index (κ1) is 20.5. The van der Waals surface area contributed by atoms with E-state index in [-0.39, 0.29) is 12.7 Å². The molecule has 0 aliphatic carbocycles. The molecule has 1 aliphatic heterocycles. The maximum atomic E-state index is 12.5. The van der Waals surface area contributed by atoms with E-state index in [1.807, 2.05) is 50.2 Å². The summed E-state index contributed by atoms with van der Waals surface area (Å²) in [6.07, 6.45) is -0.921. The number of amides is 1. The van der Waals surface area contributed by atoms with Crippen molar-refractivity contribution in [1.29, 1.82) is 0 Å². The predicted molar refractivity (Wildman–Crippen MR) is 115 cm³/mol. The van der Waals surface area contributed by atoms with Gasteiger partial charge in [0.05, 0.1) is 5.56 Å². The lowest BCUT2D eigenvalue weighted by molar-refractivity contribution is -0.129. The van der Waals surface area contributed by atoms with Gasteiger partial charge in [0.25, 0.3) is 5.91 Å². The minimum atomic E-state index is -0.921. The molecule has 1 aromatic heterocycles. The van der Waals surface area contributed by atoms with E-state index in [2.05, 4.69) is 9.88 Å². The molecule has 0 saturated carbocycles. The lowest BCUT2D eigenvalue weighted by atomic mass is 10.2. The quantitative estimate of drug-likeness (QED) is 0.616. The molecule has 160 valence electrons. The number of esters is 1. The summed E-state index contributed by atoms with van der Waals surface area (Å²) in [6.45, 7) is 6.09. The van der Waals surface area contributed by atoms with E-state index in [0.717, 1.165) is 22.6 Å². The first-order valence-electron chi connectivity index (χ1n) is 10.0. The van der Waals surface area contributed by atoms with Gasteiger partial charge in [-0.2, -0.15) is 0 Å². The Bertz CT molecular complexity index is 1100. The zero-order chi connectivity index (χ0) is 22.0. The van der Waals surface area contributed by atoms with Crippen LogP contribution in [0.1, 0.15) is 34.2 Å². The summed E-state index contributed by atoms with van der Waals surface area (Å²) in [5, 5.41) is 2.77. The van der Waals surface area contributed by atoms with E-state index in [0.29, 0.717) is 23.6 Å². The summed E-state index contributed by atoms with van der Waals surface area (Å²) in [4.78, 5) is 24.8. The SMILES string of the molecule is Cc1ccc(C)n1-c1ccc(C(=O)O[C@H](C)C(=O)NCc2ccc3c(c2)OCO3)cc1. The molecule has 1 N–H and O–H groups in total. The van der Waals surface area contributed by atoms with Gasteiger partial charge in [0.1, 0.15) is 0 Å². The average Bonchev–Trinajstić information content (AvgIpc) is 3.37. The zero-order valence-corrected chi connectivity index (χ0v) is 17.7. The van der Waals surface area contributed by atoms with Crippen molar-refractivity contribution in [3.63, 3.8) is 0 Å². The lowest BCUT2D eigenvalue weighted by Crippen LogP contribution is -2.35. The Morgan fingerprint density at radius 2 is 1.68 bits per heavy atom. The normalized spacial score (nSPS) is 13.0. The van der Waals surface area contributed by atoms with E-state index >= 15 is 0 Å². The predicted octanol–water partition coefficient (Wildman–Crippen LogP) is 3.68. The van der Waals surface area contributed by atoms with Crippen LogP contribution in [0.15, 0.2) is 54.6 Å². The molecule has 2 aromatic carbocycles. The van der Waals surface area contributed by atoms with Crippen LogP contribution in [-0.2, 0) is 16.1 Å². The van der Waals surface area contributed by atoms with Gasteiger partial charge in [-0.05, 0) is 74.9 Å². The van der Waals surface area contributed by atoms with Gasteiger partial charge in [-0.15, -0.1) is 0 Å². The highest BCUT2D eigenvalue weighted by atomic mass is 16.7. The maximum Gasteiger partial charge on any atom is 0.338 e. The molecule has 0 fully saturated rings. The molecule has 7 heteroatoms. The minimum absolute atomic E-state index is 0.198. The topological polar surface area (TPSA) is 78.8 Å². The van der Waals surface area contributed by atoms with E-state index in [9.17, 15) is 9.59 Å². The zero-order valence-electron chi connectivity index (χ0n) is 17.7. The number of carbonyl (C=O) groups excluding carboxylic acids is 2. The van der Waals surface area contributed by atoms with Gasteiger partial charge in [0, 0.05) is 23.6 Å². The number of aryl methyl sites for hydroxylation is 2. The molecule has 1 amide bonds. The molecular formula is C24H24N2O5. The Kier molecular flexibility index (Phi) is 5.66. The summed E-state index contributed by atoms with van der Waals surface area (Å²) in [7, 11) is 0. The Labute approximate surface area is 180 Å². The van der Waals surface area contributed by atoms with Crippen molar-refractivity contribution in [1.82, 2.24) is 9.88 Å². The highest BCUT2D eigenvalue weighted by molar-refractivity contribution is 5.92. The molecule has 4 rings (SSSR count). The molecule has 3 aromatic rings. The molecule has 0 unspecified atom stereocenters. The van der Waals surface area contributed by atoms with E-state index < -0.39 is 12.1 Å². The summed E-state index contributed by atoms with van der Waals surface area (Å²) in [5.74, 6) is 0.421. The fourth-order valence-corrected chi connectivity index (χ4v) is 3.49. The molecule has 0 radical (unpaired) electrons. The molecule has 2 heterocycles. The van der Waals surface area contributed by atoms with Gasteiger partial charge in [-0.1, -0.05) is 6.07 Å². The van der Waals surface area contributed by atoms with Gasteiger partial charge >= 0.3 is 5.97 Å². The summed E-state index contributed by atoms with van der Waals surface area (Å²) < 4.78 is 18.0. The van der Waals surface area contributed by atoms with Crippen LogP contribution in [-0.4, -0.2) is 29.3 Å². The highest BCUT2D eigenvalue weighted by Gasteiger charge is 2.20. The third kappa shape index (κ3) is 4.40. The van der Waals surface area contributed by atoms with Crippen LogP contribution in [0.4, 0.5) is 0 Å². The Morgan fingerprint density at radius 1 is 1.00 bits per heavy atom. The van der Waals surface area contributed by atoms with Crippen molar-refractivity contribution >= 4 is 11.9 Å². The van der Waals surface area contributed by atoms with Crippen LogP contribution >= 0.6 is 0 Å². The van der Waals surface area contributed by atoms with Crippen LogP contribution in [0.3, 0.4) is 0 Å². The first-order valence-corrected chi connectivity index (χ1v) is 10.0. The smallest absolute Gasteiger partial charge is 0.338 e. The molecule has 31 heavy (non-hydrogen) atoms. The number of nitrogens with zero attached hydrogens (tertiary/aromatic N) is 1. The maximum absolute atomic E-state index is 12.5. The molecule has 1 aliphatic rings. The van der Waals surface area contributed by atoms with Gasteiger partial charge in [0.15, 0.2) is 17.6 Å². The van der Waals surface area contributed by atoms with Crippen LogP contribution in [0.25, 0.3) is 5.69 Å². The number of fused-ring (bicyclic) bond motifs is 1. The summed E-state index contributed by atoms with van der Waals surface area (Å²) in [5.41, 5.74) is 4.44. The highest BCUT2D eigenvalue weighted by Crippen LogP contribution is 2.32. The van der Waals surface area contributed by atoms with Crippen molar-refractivity contribution in [2.75, 3.05) is 6.79 Å². The van der Waals surface area contributed by atoms with Gasteiger partial charge in [-0.25, -0.2) is 4.79 Å². The van der Waals surface area contributed by atoms with Crippen molar-refractivity contribution in [3.05, 3.63) is 77.1 Å². The molecule has 0 spiro atoms. The molecule has 0 bridgehead atoms. The van der Waals surface area contributed by atoms with Crippen LogP contribution < -0.4 is 14.8 Å². The number of hydrogen-bond donors (Lipinski definition) is 1. The van der Waals surface area contributed by atoms with Crippen molar-refractivity contribution in [2.45, 2.75) is 33.4 Å². The number of rotatable bonds is 6. The van der Waals surface area contributed by atoms with Crippen molar-refractivity contribution in [2.24, 2.45) is 0 Å². The number of hydrogen-bond acceptors (Lipinski definition) is 5. The van der Waals surface area contributed by atoms with Gasteiger partial charge in [-0.3, -0.25) is 4.79 Å². The minimum Gasteiger partial charge on any atom is -0.454 e.